The van der Waals surface area contributed by atoms with E-state index in [2.05, 4.69) is 138 Å². The van der Waals surface area contributed by atoms with Gasteiger partial charge in [-0.3, -0.25) is 9.36 Å². The maximum Gasteiger partial charge on any atom is 0.263 e. The van der Waals surface area contributed by atoms with Gasteiger partial charge < -0.3 is 4.40 Å². The van der Waals surface area contributed by atoms with Crippen LogP contribution in [0, 0.1) is 22.7 Å². The molecule has 4 bridgehead atoms. The van der Waals surface area contributed by atoms with Gasteiger partial charge in [0.2, 0.25) is 0 Å². The van der Waals surface area contributed by atoms with Gasteiger partial charge in [-0.15, -0.1) is 0 Å². The Labute approximate surface area is 377 Å². The molecule has 66 heavy (non-hydrogen) atoms. The number of benzene rings is 9. The van der Waals surface area contributed by atoms with E-state index in [4.69, 9.17) is 0 Å². The Morgan fingerprint density at radius 3 is 1.27 bits per heavy atom. The number of fused-ring (bicyclic) bond motifs is 10. The third kappa shape index (κ3) is 3.82. The van der Waals surface area contributed by atoms with E-state index in [0.29, 0.717) is 16.5 Å². The summed E-state index contributed by atoms with van der Waals surface area (Å²) in [7, 11) is 0. The van der Waals surface area contributed by atoms with E-state index in [-0.39, 0.29) is 29.2 Å². The van der Waals surface area contributed by atoms with Crippen molar-refractivity contribution in [2.75, 3.05) is 0 Å². The molecule has 0 saturated carbocycles. The molecule has 302 valence electrons. The van der Waals surface area contributed by atoms with Gasteiger partial charge in [-0.05, 0) is 109 Å². The van der Waals surface area contributed by atoms with E-state index < -0.39 is 0 Å². The Balaban J connectivity index is 1.20. The van der Waals surface area contributed by atoms with Gasteiger partial charge in [0.25, 0.3) is 5.56 Å². The molecule has 3 aromatic heterocycles. The smallest absolute Gasteiger partial charge is 0.263 e. The van der Waals surface area contributed by atoms with Crippen LogP contribution in [-0.4, -0.2) is 8.97 Å². The lowest BCUT2D eigenvalue weighted by Crippen LogP contribution is -2.28. The van der Waals surface area contributed by atoms with Crippen molar-refractivity contribution in [3.8, 4) is 17.8 Å². The number of aromatic nitrogens is 2. The molecule has 6 aliphatic rings. The maximum absolute atomic E-state index is 15.2. The van der Waals surface area contributed by atoms with Crippen molar-refractivity contribution in [3.05, 3.63) is 258 Å². The van der Waals surface area contributed by atoms with Crippen molar-refractivity contribution >= 4 is 59.8 Å². The molecule has 9 aromatic carbocycles. The predicted molar refractivity (Wildman–Crippen MR) is 261 cm³/mol. The molecule has 0 atom stereocenters. The van der Waals surface area contributed by atoms with E-state index in [1.54, 1.807) is 0 Å². The minimum Gasteiger partial charge on any atom is -0.308 e. The fourth-order valence-electron chi connectivity index (χ4n) is 13.9. The molecule has 12 aromatic rings. The predicted octanol–water partition coefficient (Wildman–Crippen LogP) is 13.0. The average Bonchev–Trinajstić information content (AvgIpc) is 3.90. The average molecular weight is 837 g/mol. The summed E-state index contributed by atoms with van der Waals surface area (Å²) in [5.41, 5.74) is 20.4. The fourth-order valence-corrected chi connectivity index (χ4v) is 13.9. The van der Waals surface area contributed by atoms with Crippen molar-refractivity contribution in [1.29, 1.82) is 10.5 Å². The quantitative estimate of drug-likeness (QED) is 0.155. The largest absolute Gasteiger partial charge is 0.308 e. The van der Waals surface area contributed by atoms with Crippen LogP contribution < -0.4 is 5.56 Å². The molecule has 0 spiro atoms. The van der Waals surface area contributed by atoms with Gasteiger partial charge in [0.1, 0.15) is 0 Å². The molecule has 3 heterocycles. The summed E-state index contributed by atoms with van der Waals surface area (Å²) in [5.74, 6) is -0.464. The first-order chi connectivity index (χ1) is 32.7. The molecule has 0 unspecified atom stereocenters. The highest BCUT2D eigenvalue weighted by molar-refractivity contribution is 6.36. The SMILES string of the molecule is N#Cc1cc2c(c3c1C1c4ccccc4C3c3ccccc31)c1cc3c(c4ccccc4c(=O)n3-c3ccccc3)c3c4c5c(c(C#N)cc4n2c13)C1c2ccccc2C5c2ccccc21. The van der Waals surface area contributed by atoms with E-state index in [0.717, 1.165) is 71.2 Å². The Morgan fingerprint density at radius 1 is 0.379 bits per heavy atom. The van der Waals surface area contributed by atoms with Gasteiger partial charge in [0, 0.05) is 61.7 Å². The normalized spacial score (nSPS) is 18.0. The number of hydrogen-bond acceptors (Lipinski definition) is 3. The lowest BCUT2D eigenvalue weighted by atomic mass is 9.59. The molecule has 5 nitrogen and oxygen atoms in total. The first-order valence-electron chi connectivity index (χ1n) is 22.7. The third-order valence-electron chi connectivity index (χ3n) is 16.0. The van der Waals surface area contributed by atoms with Crippen molar-refractivity contribution in [3.63, 3.8) is 0 Å². The van der Waals surface area contributed by atoms with E-state index in [9.17, 15) is 10.5 Å². The fraction of sp³-hybridized carbons (Fsp3) is 0.0656. The van der Waals surface area contributed by atoms with Crippen LogP contribution in [-0.2, 0) is 0 Å². The maximum atomic E-state index is 15.2. The van der Waals surface area contributed by atoms with Crippen LogP contribution in [0.4, 0.5) is 0 Å². The Hall–Kier alpha value is -8.77. The van der Waals surface area contributed by atoms with E-state index >= 15 is 4.79 Å². The number of nitriles is 2. The second-order valence-electron chi connectivity index (χ2n) is 18.7. The molecule has 0 fully saturated rings. The van der Waals surface area contributed by atoms with E-state index in [1.165, 1.54) is 55.6 Å². The summed E-state index contributed by atoms with van der Waals surface area (Å²) in [4.78, 5) is 15.2. The number of para-hydroxylation sites is 1. The lowest BCUT2D eigenvalue weighted by Gasteiger charge is -2.43. The van der Waals surface area contributed by atoms with Crippen LogP contribution >= 0.6 is 0 Å². The molecular weight excluding hydrogens is 805 g/mol. The Kier molecular flexibility index (Phi) is 6.24. The first-order valence-corrected chi connectivity index (χ1v) is 22.7. The molecule has 6 aliphatic carbocycles. The summed E-state index contributed by atoms with van der Waals surface area (Å²) >= 11 is 0. The summed E-state index contributed by atoms with van der Waals surface area (Å²) in [5, 5.41) is 29.6. The number of hydrogen-bond donors (Lipinski definition) is 0. The molecule has 0 saturated heterocycles. The summed E-state index contributed by atoms with van der Waals surface area (Å²) in [6.07, 6.45) is 0. The number of rotatable bonds is 1. The monoisotopic (exact) mass is 836 g/mol. The van der Waals surface area contributed by atoms with Gasteiger partial charge >= 0.3 is 0 Å². The molecule has 18 rings (SSSR count). The Morgan fingerprint density at radius 2 is 0.788 bits per heavy atom. The first kappa shape index (κ1) is 34.7. The number of nitrogens with zero attached hydrogens (tertiary/aromatic N) is 4. The van der Waals surface area contributed by atoms with Crippen molar-refractivity contribution in [2.45, 2.75) is 23.7 Å². The highest BCUT2D eigenvalue weighted by Crippen LogP contribution is 2.63. The van der Waals surface area contributed by atoms with Crippen LogP contribution in [0.1, 0.15) is 102 Å². The lowest BCUT2D eigenvalue weighted by molar-refractivity contribution is 0.758. The summed E-state index contributed by atoms with van der Waals surface area (Å²) in [6, 6.07) is 65.3. The van der Waals surface area contributed by atoms with Crippen LogP contribution in [0.15, 0.2) is 175 Å². The van der Waals surface area contributed by atoms with E-state index in [1.807, 2.05) is 53.1 Å². The molecule has 0 N–H and O–H groups in total. The van der Waals surface area contributed by atoms with Crippen LogP contribution in [0.5, 0.6) is 0 Å². The molecule has 5 heteroatoms. The van der Waals surface area contributed by atoms with Gasteiger partial charge in [-0.1, -0.05) is 133 Å². The van der Waals surface area contributed by atoms with Gasteiger partial charge in [-0.2, -0.15) is 10.5 Å². The molecule has 0 amide bonds. The second kappa shape index (κ2) is 11.9. The third-order valence-corrected chi connectivity index (χ3v) is 16.0. The summed E-state index contributed by atoms with van der Waals surface area (Å²) < 4.78 is 4.32. The van der Waals surface area contributed by atoms with Crippen LogP contribution in [0.25, 0.3) is 65.5 Å². The minimum atomic E-state index is -0.127. The number of pyridine rings is 1. The van der Waals surface area contributed by atoms with Crippen LogP contribution in [0.3, 0.4) is 0 Å². The van der Waals surface area contributed by atoms with Crippen molar-refractivity contribution < 1.29 is 0 Å². The molecule has 0 aliphatic heterocycles. The molecular formula is C61H32N4O. The minimum absolute atomic E-state index is 0.0720. The zero-order valence-corrected chi connectivity index (χ0v) is 35.2. The Bertz CT molecular complexity index is 4330. The second-order valence-corrected chi connectivity index (χ2v) is 18.7. The topological polar surface area (TPSA) is 74.0 Å². The zero-order chi connectivity index (χ0) is 43.3. The highest BCUT2D eigenvalue weighted by Gasteiger charge is 2.47. The van der Waals surface area contributed by atoms with Gasteiger partial charge in [-0.25, -0.2) is 0 Å². The van der Waals surface area contributed by atoms with Crippen LogP contribution in [0.2, 0.25) is 0 Å². The molecule has 0 radical (unpaired) electrons. The van der Waals surface area contributed by atoms with Crippen molar-refractivity contribution in [2.24, 2.45) is 0 Å². The van der Waals surface area contributed by atoms with Gasteiger partial charge in [0.05, 0.1) is 45.3 Å². The highest BCUT2D eigenvalue weighted by atomic mass is 16.1. The standard InChI is InChI=1S/C61H32N4O/c62-29-31-26-45-55(57-48(31)50-34-16-4-8-20-38(34)52(57)39-21-9-5-17-35(39)50)44-28-47-54(42-24-12-13-25-43(42)61(66)64(47)33-14-2-1-3-15-33)59-56-46(65(45)60(44)59)27-32(30-63)49-51-36-18-6-10-22-40(36)53(58(49)56)41-23-11-7-19-37(41)51/h1-28,50-53H. The van der Waals surface area contributed by atoms with Gasteiger partial charge in [0.15, 0.2) is 0 Å². The summed E-state index contributed by atoms with van der Waals surface area (Å²) in [6.45, 7) is 0. The zero-order valence-electron chi connectivity index (χ0n) is 35.2. The van der Waals surface area contributed by atoms with Crippen molar-refractivity contribution in [1.82, 2.24) is 8.97 Å².